The average Bonchev–Trinajstić information content (AvgIpc) is 2.60. The van der Waals surface area contributed by atoms with Gasteiger partial charge < -0.3 is 15.4 Å². The summed E-state index contributed by atoms with van der Waals surface area (Å²) in [4.78, 5) is 14.0. The molecule has 0 fully saturated rings. The molecule has 2 N–H and O–H groups in total. The van der Waals surface area contributed by atoms with Crippen LogP contribution in [0.4, 0.5) is 0 Å². The number of benzene rings is 2. The molecular weight excluding hydrogens is 288 g/mol. The number of hydrogen-bond donors (Lipinski definition) is 1. The van der Waals surface area contributed by atoms with Gasteiger partial charge in [-0.15, -0.1) is 0 Å². The minimum absolute atomic E-state index is 0.0521. The second kappa shape index (κ2) is 8.34. The first kappa shape index (κ1) is 17.0. The number of carbonyl (C=O) groups excluding carboxylic acids is 1. The van der Waals surface area contributed by atoms with Gasteiger partial charge in [0.15, 0.2) is 0 Å². The molecule has 0 radical (unpaired) electrons. The summed E-state index contributed by atoms with van der Waals surface area (Å²) < 4.78 is 5.34. The first-order valence-corrected chi connectivity index (χ1v) is 7.78. The van der Waals surface area contributed by atoms with E-state index in [1.54, 1.807) is 12.0 Å². The van der Waals surface area contributed by atoms with Crippen LogP contribution < -0.4 is 10.5 Å². The van der Waals surface area contributed by atoms with Crippen molar-refractivity contribution >= 4 is 5.91 Å². The Balaban J connectivity index is 1.88. The molecule has 0 aliphatic carbocycles. The summed E-state index contributed by atoms with van der Waals surface area (Å²) in [7, 11) is 3.47. The molecule has 0 saturated heterocycles. The number of nitrogens with zero attached hydrogens (tertiary/aromatic N) is 1. The predicted molar refractivity (Wildman–Crippen MR) is 92.3 cm³/mol. The molecule has 0 heterocycles. The number of methoxy groups -OCH3 is 1. The lowest BCUT2D eigenvalue weighted by Gasteiger charge is -2.20. The molecule has 1 atom stereocenters. The van der Waals surface area contributed by atoms with Crippen molar-refractivity contribution in [1.82, 2.24) is 4.90 Å². The van der Waals surface area contributed by atoms with E-state index < -0.39 is 0 Å². The first-order valence-electron chi connectivity index (χ1n) is 7.78. The smallest absolute Gasteiger partial charge is 0.224 e. The highest BCUT2D eigenvalue weighted by Gasteiger charge is 2.15. The topological polar surface area (TPSA) is 55.6 Å². The summed E-state index contributed by atoms with van der Waals surface area (Å²) in [5.74, 6) is 0.908. The Hall–Kier alpha value is -2.33. The van der Waals surface area contributed by atoms with Crippen LogP contribution in [0.25, 0.3) is 0 Å². The van der Waals surface area contributed by atoms with Crippen LogP contribution >= 0.6 is 0 Å². The van der Waals surface area contributed by atoms with Crippen molar-refractivity contribution < 1.29 is 9.53 Å². The van der Waals surface area contributed by atoms with Crippen molar-refractivity contribution in [2.75, 3.05) is 20.7 Å². The van der Waals surface area contributed by atoms with Gasteiger partial charge in [0.25, 0.3) is 0 Å². The lowest BCUT2D eigenvalue weighted by Crippen LogP contribution is -2.31. The van der Waals surface area contributed by atoms with Gasteiger partial charge in [-0.25, -0.2) is 0 Å². The van der Waals surface area contributed by atoms with Crippen LogP contribution in [0.15, 0.2) is 54.6 Å². The number of para-hydroxylation sites is 1. The second-order valence-corrected chi connectivity index (χ2v) is 5.60. The minimum atomic E-state index is -0.266. The minimum Gasteiger partial charge on any atom is -0.496 e. The summed E-state index contributed by atoms with van der Waals surface area (Å²) in [6, 6.07) is 17.3. The highest BCUT2D eigenvalue weighted by molar-refractivity contribution is 5.76. The van der Waals surface area contributed by atoms with Crippen LogP contribution in [0.3, 0.4) is 0 Å². The number of hydrogen-bond acceptors (Lipinski definition) is 3. The third-order valence-corrected chi connectivity index (χ3v) is 3.96. The molecule has 2 rings (SSSR count). The van der Waals surface area contributed by atoms with Crippen LogP contribution in [0.2, 0.25) is 0 Å². The Morgan fingerprint density at radius 2 is 1.78 bits per heavy atom. The van der Waals surface area contributed by atoms with Crippen LogP contribution in [0.5, 0.6) is 5.75 Å². The van der Waals surface area contributed by atoms with Crippen molar-refractivity contribution in [2.45, 2.75) is 18.9 Å². The average molecular weight is 312 g/mol. The van der Waals surface area contributed by atoms with Crippen LogP contribution in [0, 0.1) is 0 Å². The molecular formula is C19H24N2O2. The fourth-order valence-corrected chi connectivity index (χ4v) is 2.48. The van der Waals surface area contributed by atoms with E-state index in [1.165, 1.54) is 0 Å². The highest BCUT2D eigenvalue weighted by Crippen LogP contribution is 2.18. The molecule has 0 aliphatic heterocycles. The fourth-order valence-electron chi connectivity index (χ4n) is 2.48. The van der Waals surface area contributed by atoms with Gasteiger partial charge in [0.2, 0.25) is 5.91 Å². The van der Waals surface area contributed by atoms with E-state index in [4.69, 9.17) is 10.5 Å². The second-order valence-electron chi connectivity index (χ2n) is 5.60. The summed E-state index contributed by atoms with van der Waals surface area (Å²) >= 11 is 0. The maximum absolute atomic E-state index is 12.3. The quantitative estimate of drug-likeness (QED) is 0.855. The number of nitrogens with two attached hydrogens (primary N) is 1. The zero-order valence-electron chi connectivity index (χ0n) is 13.7. The Kier molecular flexibility index (Phi) is 6.18. The van der Waals surface area contributed by atoms with E-state index in [0.29, 0.717) is 13.0 Å². The summed E-state index contributed by atoms with van der Waals surface area (Å²) in [5.41, 5.74) is 8.20. The molecule has 0 bridgehead atoms. The predicted octanol–water partition coefficient (Wildman–Crippen LogP) is 2.79. The first-order chi connectivity index (χ1) is 11.1. The molecule has 122 valence electrons. The molecule has 0 saturated carbocycles. The van der Waals surface area contributed by atoms with Crippen molar-refractivity contribution in [3.05, 3.63) is 65.7 Å². The van der Waals surface area contributed by atoms with E-state index in [1.807, 2.05) is 61.6 Å². The summed E-state index contributed by atoms with van der Waals surface area (Å²) in [6.45, 7) is 0.640. The maximum atomic E-state index is 12.3. The van der Waals surface area contributed by atoms with Crippen LogP contribution in [0.1, 0.15) is 23.6 Å². The number of rotatable bonds is 7. The molecule has 2 aromatic rings. The van der Waals surface area contributed by atoms with Gasteiger partial charge in [-0.3, -0.25) is 4.79 Å². The SMILES string of the molecule is COc1ccccc1CCN(C)C(=O)CC(N)c1ccccc1. The monoisotopic (exact) mass is 312 g/mol. The Morgan fingerprint density at radius 1 is 1.13 bits per heavy atom. The molecule has 1 unspecified atom stereocenters. The van der Waals surface area contributed by atoms with Gasteiger partial charge in [0.1, 0.15) is 5.75 Å². The van der Waals surface area contributed by atoms with Gasteiger partial charge in [-0.05, 0) is 23.6 Å². The molecule has 1 amide bonds. The number of ether oxygens (including phenoxy) is 1. The van der Waals surface area contributed by atoms with E-state index in [9.17, 15) is 4.79 Å². The van der Waals surface area contributed by atoms with E-state index >= 15 is 0 Å². The largest absolute Gasteiger partial charge is 0.496 e. The number of carbonyl (C=O) groups is 1. The van der Waals surface area contributed by atoms with Gasteiger partial charge in [0, 0.05) is 26.1 Å². The van der Waals surface area contributed by atoms with Gasteiger partial charge >= 0.3 is 0 Å². The molecule has 23 heavy (non-hydrogen) atoms. The Labute approximate surface area is 137 Å². The molecule has 4 heteroatoms. The lowest BCUT2D eigenvalue weighted by molar-refractivity contribution is -0.130. The Morgan fingerprint density at radius 3 is 2.48 bits per heavy atom. The van der Waals surface area contributed by atoms with Gasteiger partial charge in [-0.2, -0.15) is 0 Å². The van der Waals surface area contributed by atoms with Crippen LogP contribution in [-0.4, -0.2) is 31.5 Å². The molecule has 0 spiro atoms. The zero-order chi connectivity index (χ0) is 16.7. The normalized spacial score (nSPS) is 11.8. The van der Waals surface area contributed by atoms with E-state index in [-0.39, 0.29) is 11.9 Å². The van der Waals surface area contributed by atoms with E-state index in [0.717, 1.165) is 23.3 Å². The number of amides is 1. The van der Waals surface area contributed by atoms with E-state index in [2.05, 4.69) is 0 Å². The molecule has 2 aromatic carbocycles. The summed E-state index contributed by atoms with van der Waals surface area (Å²) in [6.07, 6.45) is 1.07. The van der Waals surface area contributed by atoms with Crippen molar-refractivity contribution in [1.29, 1.82) is 0 Å². The summed E-state index contributed by atoms with van der Waals surface area (Å²) in [5, 5.41) is 0. The lowest BCUT2D eigenvalue weighted by atomic mass is 10.0. The fraction of sp³-hybridized carbons (Fsp3) is 0.316. The maximum Gasteiger partial charge on any atom is 0.224 e. The number of likely N-dealkylation sites (N-methyl/N-ethyl adjacent to an activating group) is 1. The highest BCUT2D eigenvalue weighted by atomic mass is 16.5. The van der Waals surface area contributed by atoms with Crippen LogP contribution in [-0.2, 0) is 11.2 Å². The van der Waals surface area contributed by atoms with Crippen molar-refractivity contribution in [3.63, 3.8) is 0 Å². The van der Waals surface area contributed by atoms with Crippen molar-refractivity contribution in [3.8, 4) is 5.75 Å². The molecule has 0 aliphatic rings. The molecule has 4 nitrogen and oxygen atoms in total. The third kappa shape index (κ3) is 4.83. The van der Waals surface area contributed by atoms with Gasteiger partial charge in [-0.1, -0.05) is 48.5 Å². The van der Waals surface area contributed by atoms with Crippen molar-refractivity contribution in [2.24, 2.45) is 5.73 Å². The Bertz CT molecular complexity index is 628. The molecule has 0 aromatic heterocycles. The zero-order valence-corrected chi connectivity index (χ0v) is 13.7. The van der Waals surface area contributed by atoms with Gasteiger partial charge in [0.05, 0.1) is 7.11 Å². The standard InChI is InChI=1S/C19H24N2O2/c1-21(13-12-16-10-6-7-11-18(16)23-2)19(22)14-17(20)15-8-4-3-5-9-15/h3-11,17H,12-14,20H2,1-2H3. The third-order valence-electron chi connectivity index (χ3n) is 3.96.